The molecule has 4 rings (SSSR count). The van der Waals surface area contributed by atoms with Gasteiger partial charge in [-0.1, -0.05) is 18.8 Å². The van der Waals surface area contributed by atoms with Gasteiger partial charge >= 0.3 is 5.97 Å². The maximum absolute atomic E-state index is 14.1. The number of carbonyl (C=O) groups excluding carboxylic acids is 1. The van der Waals surface area contributed by atoms with Crippen molar-refractivity contribution < 1.29 is 14.7 Å². The molecule has 0 aliphatic heterocycles. The summed E-state index contributed by atoms with van der Waals surface area (Å²) in [5.41, 5.74) is 0.355. The fourth-order valence-electron chi connectivity index (χ4n) is 5.27. The van der Waals surface area contributed by atoms with Gasteiger partial charge in [-0.05, 0) is 84.1 Å². The van der Waals surface area contributed by atoms with Gasteiger partial charge in [-0.25, -0.2) is 9.78 Å². The SMILES string of the molecule is Cn1cncc1S[C@H]1CC[C@H](N(c2cc(C#CC(C)(C)C)sc2C(=O)O)C(=O)[C@H]2CC[C@H](C)CC2)CC1. The van der Waals surface area contributed by atoms with Crippen molar-refractivity contribution in [3.05, 3.63) is 28.3 Å². The smallest absolute Gasteiger partial charge is 0.348 e. The van der Waals surface area contributed by atoms with E-state index in [4.69, 9.17) is 0 Å². The summed E-state index contributed by atoms with van der Waals surface area (Å²) < 4.78 is 2.04. The number of carboxylic acids is 1. The van der Waals surface area contributed by atoms with Crippen LogP contribution in [0, 0.1) is 29.1 Å². The van der Waals surface area contributed by atoms with Gasteiger partial charge in [0.25, 0.3) is 0 Å². The van der Waals surface area contributed by atoms with Gasteiger partial charge in [-0.15, -0.1) is 23.1 Å². The maximum atomic E-state index is 14.1. The predicted molar refractivity (Wildman–Crippen MR) is 151 cm³/mol. The average molecular weight is 542 g/mol. The number of imidazole rings is 1. The highest BCUT2D eigenvalue weighted by atomic mass is 32.2. The zero-order valence-corrected chi connectivity index (χ0v) is 24.3. The van der Waals surface area contributed by atoms with E-state index in [9.17, 15) is 14.7 Å². The molecule has 2 aliphatic rings. The molecule has 2 fully saturated rings. The van der Waals surface area contributed by atoms with Gasteiger partial charge in [0.1, 0.15) is 4.88 Å². The normalized spacial score (nSPS) is 24.2. The molecular formula is C29H39N3O3S2. The molecule has 200 valence electrons. The first-order chi connectivity index (χ1) is 17.5. The van der Waals surface area contributed by atoms with Crippen LogP contribution in [-0.4, -0.2) is 37.8 Å². The average Bonchev–Trinajstić information content (AvgIpc) is 3.45. The highest BCUT2D eigenvalue weighted by Crippen LogP contribution is 2.41. The molecule has 37 heavy (non-hydrogen) atoms. The van der Waals surface area contributed by atoms with E-state index in [1.807, 2.05) is 67.6 Å². The number of thiophene rings is 1. The van der Waals surface area contributed by atoms with Gasteiger partial charge in [-0.2, -0.15) is 0 Å². The van der Waals surface area contributed by atoms with Crippen molar-refractivity contribution in [2.45, 2.75) is 95.4 Å². The fourth-order valence-corrected chi connectivity index (χ4v) is 7.30. The third-order valence-corrected chi connectivity index (χ3v) is 9.87. The topological polar surface area (TPSA) is 75.4 Å². The van der Waals surface area contributed by atoms with Crippen molar-refractivity contribution in [3.8, 4) is 11.8 Å². The number of aromatic nitrogens is 2. The van der Waals surface area contributed by atoms with Crippen LogP contribution in [0.5, 0.6) is 0 Å². The largest absolute Gasteiger partial charge is 0.477 e. The van der Waals surface area contributed by atoms with Crippen LogP contribution in [0.3, 0.4) is 0 Å². The summed E-state index contributed by atoms with van der Waals surface area (Å²) in [7, 11) is 2.01. The molecule has 2 aromatic rings. The molecule has 2 aliphatic carbocycles. The molecule has 0 unspecified atom stereocenters. The first kappa shape index (κ1) is 27.8. The molecule has 0 spiro atoms. The molecule has 8 heteroatoms. The van der Waals surface area contributed by atoms with Gasteiger partial charge in [0.2, 0.25) is 5.91 Å². The Hall–Kier alpha value is -2.24. The van der Waals surface area contributed by atoms with E-state index in [0.29, 0.717) is 21.7 Å². The van der Waals surface area contributed by atoms with Crippen molar-refractivity contribution in [3.63, 3.8) is 0 Å². The molecule has 0 radical (unpaired) electrons. The third kappa shape index (κ3) is 7.00. The highest BCUT2D eigenvalue weighted by Gasteiger charge is 2.37. The number of nitrogens with zero attached hydrogens (tertiary/aromatic N) is 3. The number of amides is 1. The van der Waals surface area contributed by atoms with Crippen molar-refractivity contribution in [2.24, 2.45) is 24.3 Å². The second-order valence-electron chi connectivity index (χ2n) is 11.7. The summed E-state index contributed by atoms with van der Waals surface area (Å²) in [5, 5.41) is 11.7. The Morgan fingerprint density at radius 3 is 2.38 bits per heavy atom. The van der Waals surface area contributed by atoms with Crippen LogP contribution < -0.4 is 4.90 Å². The highest BCUT2D eigenvalue weighted by molar-refractivity contribution is 7.99. The van der Waals surface area contributed by atoms with Crippen molar-refractivity contribution >= 4 is 40.7 Å². The van der Waals surface area contributed by atoms with Crippen LogP contribution >= 0.6 is 23.1 Å². The van der Waals surface area contributed by atoms with Crippen molar-refractivity contribution in [1.82, 2.24) is 9.55 Å². The van der Waals surface area contributed by atoms with Gasteiger partial charge in [0.05, 0.1) is 28.1 Å². The number of carbonyl (C=O) groups is 2. The molecule has 0 saturated heterocycles. The number of carboxylic acid groups (broad SMARTS) is 1. The molecule has 0 atom stereocenters. The zero-order valence-electron chi connectivity index (χ0n) is 22.6. The molecule has 0 aromatic carbocycles. The van der Waals surface area contributed by atoms with Gasteiger partial charge < -0.3 is 14.6 Å². The van der Waals surface area contributed by atoms with E-state index in [1.54, 1.807) is 0 Å². The minimum atomic E-state index is -0.987. The van der Waals surface area contributed by atoms with Gasteiger partial charge in [0.15, 0.2) is 0 Å². The van der Waals surface area contributed by atoms with Gasteiger partial charge in [0, 0.05) is 29.7 Å². The Kier molecular flexibility index (Phi) is 8.75. The predicted octanol–water partition coefficient (Wildman–Crippen LogP) is 6.84. The number of rotatable bonds is 6. The zero-order chi connectivity index (χ0) is 26.7. The minimum Gasteiger partial charge on any atom is -0.477 e. The number of hydrogen-bond donors (Lipinski definition) is 1. The number of aryl methyl sites for hydroxylation is 1. The summed E-state index contributed by atoms with van der Waals surface area (Å²) in [6.07, 6.45) is 11.3. The summed E-state index contributed by atoms with van der Waals surface area (Å²) in [6.45, 7) is 8.36. The second kappa shape index (κ2) is 11.7. The quantitative estimate of drug-likeness (QED) is 0.405. The van der Waals surface area contributed by atoms with Crippen LogP contribution in [0.4, 0.5) is 5.69 Å². The summed E-state index contributed by atoms with van der Waals surface area (Å²) >= 11 is 3.04. The lowest BCUT2D eigenvalue weighted by Gasteiger charge is -2.39. The Morgan fingerprint density at radius 2 is 1.81 bits per heavy atom. The van der Waals surface area contributed by atoms with E-state index in [0.717, 1.165) is 56.4 Å². The number of aromatic carboxylic acids is 1. The van der Waals surface area contributed by atoms with Crippen molar-refractivity contribution in [2.75, 3.05) is 4.90 Å². The van der Waals surface area contributed by atoms with Crippen LogP contribution in [-0.2, 0) is 11.8 Å². The lowest BCUT2D eigenvalue weighted by Crippen LogP contribution is -2.46. The molecular weight excluding hydrogens is 502 g/mol. The fraction of sp³-hybridized carbons (Fsp3) is 0.621. The lowest BCUT2D eigenvalue weighted by molar-refractivity contribution is -0.124. The molecule has 1 N–H and O–H groups in total. The minimum absolute atomic E-state index is 0.00589. The number of thioether (sulfide) groups is 1. The van der Waals surface area contributed by atoms with Crippen LogP contribution in [0.15, 0.2) is 23.6 Å². The first-order valence-electron chi connectivity index (χ1n) is 13.4. The maximum Gasteiger partial charge on any atom is 0.348 e. The van der Waals surface area contributed by atoms with Crippen molar-refractivity contribution in [1.29, 1.82) is 0 Å². The summed E-state index contributed by atoms with van der Waals surface area (Å²) in [6, 6.07) is 1.86. The lowest BCUT2D eigenvalue weighted by atomic mass is 9.81. The number of anilines is 1. The first-order valence-corrected chi connectivity index (χ1v) is 15.1. The molecule has 1 amide bonds. The molecule has 6 nitrogen and oxygen atoms in total. The number of hydrogen-bond acceptors (Lipinski definition) is 5. The van der Waals surface area contributed by atoms with Crippen LogP contribution in [0.25, 0.3) is 0 Å². The van der Waals surface area contributed by atoms with Gasteiger partial charge in [-0.3, -0.25) is 4.79 Å². The Bertz CT molecular complexity index is 1170. The standard InChI is InChI=1S/C29H39N3O3S2/c1-19-6-8-20(9-7-19)27(33)32(21-10-12-22(13-11-21)36-25-17-30-18-31(25)5)24-16-23(14-15-29(2,3)4)37-26(24)28(34)35/h16-22H,6-13H2,1-5H3,(H,34,35)/t19-,20-,21-,22-. The monoisotopic (exact) mass is 541 g/mol. The van der Waals surface area contributed by atoms with E-state index in [2.05, 4.69) is 23.7 Å². The Labute approximate surface area is 229 Å². The van der Waals surface area contributed by atoms with E-state index in [-0.39, 0.29) is 28.2 Å². The molecule has 2 heterocycles. The molecule has 2 aromatic heterocycles. The van der Waals surface area contributed by atoms with Crippen LogP contribution in [0.2, 0.25) is 0 Å². The third-order valence-electron chi connectivity index (χ3n) is 7.40. The Balaban J connectivity index is 1.62. The van der Waals surface area contributed by atoms with Crippen LogP contribution in [0.1, 0.15) is 93.6 Å². The van der Waals surface area contributed by atoms with E-state index in [1.165, 1.54) is 11.3 Å². The Morgan fingerprint density at radius 1 is 1.14 bits per heavy atom. The second-order valence-corrected chi connectivity index (χ2v) is 14.1. The van der Waals surface area contributed by atoms with E-state index >= 15 is 0 Å². The van der Waals surface area contributed by atoms with E-state index < -0.39 is 5.97 Å². The summed E-state index contributed by atoms with van der Waals surface area (Å²) in [4.78, 5) is 33.5. The molecule has 2 saturated carbocycles. The summed E-state index contributed by atoms with van der Waals surface area (Å²) in [5.74, 6) is 6.12. The molecule has 0 bridgehead atoms.